The molecule has 19 heavy (non-hydrogen) atoms. The number of ketones is 1. The van der Waals surface area contributed by atoms with Crippen molar-refractivity contribution in [3.63, 3.8) is 0 Å². The number of nitrogens with two attached hydrogens (primary N) is 1. The van der Waals surface area contributed by atoms with Crippen molar-refractivity contribution in [2.75, 3.05) is 6.26 Å². The lowest BCUT2D eigenvalue weighted by molar-refractivity contribution is -0.124. The van der Waals surface area contributed by atoms with Crippen LogP contribution >= 0.6 is 0 Å². The average Bonchev–Trinajstić information content (AvgIpc) is 2.27. The van der Waals surface area contributed by atoms with Gasteiger partial charge in [-0.2, -0.15) is 0 Å². The van der Waals surface area contributed by atoms with Crippen LogP contribution in [-0.4, -0.2) is 26.4 Å². The third-order valence-electron chi connectivity index (χ3n) is 2.69. The molecule has 0 aliphatic carbocycles. The first kappa shape index (κ1) is 15.4. The van der Waals surface area contributed by atoms with Crippen molar-refractivity contribution < 1.29 is 18.0 Å². The van der Waals surface area contributed by atoms with Crippen LogP contribution in [0.3, 0.4) is 0 Å². The minimum atomic E-state index is -3.29. The minimum absolute atomic E-state index is 0.137. The van der Waals surface area contributed by atoms with E-state index in [4.69, 9.17) is 5.73 Å². The smallest absolute Gasteiger partial charge is 0.223 e. The number of benzene rings is 1. The van der Waals surface area contributed by atoms with Gasteiger partial charge in [-0.3, -0.25) is 9.59 Å². The van der Waals surface area contributed by atoms with Gasteiger partial charge in [0.25, 0.3) is 0 Å². The summed E-state index contributed by atoms with van der Waals surface area (Å²) in [6, 6.07) is 5.53. The summed E-state index contributed by atoms with van der Waals surface area (Å²) in [6.45, 7) is 3.08. The zero-order chi connectivity index (χ0) is 14.8. The van der Waals surface area contributed by atoms with Crippen LogP contribution in [0, 0.1) is 11.8 Å². The van der Waals surface area contributed by atoms with Gasteiger partial charge in [-0.05, 0) is 12.1 Å². The van der Waals surface area contributed by atoms with Gasteiger partial charge in [0.1, 0.15) is 0 Å². The van der Waals surface area contributed by atoms with Gasteiger partial charge in [-0.15, -0.1) is 0 Å². The molecule has 1 aromatic carbocycles. The molecule has 0 fully saturated rings. The average molecular weight is 282 g/mol. The van der Waals surface area contributed by atoms with Gasteiger partial charge in [0.2, 0.25) is 5.91 Å². The normalized spacial score (nSPS) is 12.2. The Bertz CT molecular complexity index is 600. The summed E-state index contributed by atoms with van der Waals surface area (Å²) in [5.74, 6) is -0.975. The first-order valence-corrected chi connectivity index (χ1v) is 7.43. The summed E-state index contributed by atoms with van der Waals surface area (Å²) >= 11 is 0. The summed E-state index contributed by atoms with van der Waals surface area (Å²) in [6.07, 6.45) is 2.32. The van der Waals surface area contributed by atoms with Crippen LogP contribution in [0.5, 0.6) is 0 Å². The molecule has 6 heteroatoms. The molecule has 0 spiro atoms. The van der Waals surface area contributed by atoms with E-state index in [-0.39, 0.29) is 10.7 Å². The van der Waals surface area contributed by atoms with Crippen molar-refractivity contribution in [3.8, 4) is 0 Å². The van der Waals surface area contributed by atoms with E-state index in [0.29, 0.717) is 5.56 Å². The number of Topliss-reactive ketones (excluding diaryl/α,β-unsaturated/α-hetero) is 1. The number of primary amides is 1. The van der Waals surface area contributed by atoms with E-state index in [0.717, 1.165) is 6.26 Å². The molecule has 0 unspecified atom stereocenters. The summed E-state index contributed by atoms with van der Waals surface area (Å²) in [5, 5.41) is 0. The fourth-order valence-electron chi connectivity index (χ4n) is 1.35. The van der Waals surface area contributed by atoms with Gasteiger partial charge in [-0.1, -0.05) is 26.0 Å². The number of rotatable bonds is 5. The van der Waals surface area contributed by atoms with Gasteiger partial charge >= 0.3 is 0 Å². The van der Waals surface area contributed by atoms with Crippen molar-refractivity contribution in [2.45, 2.75) is 18.7 Å². The van der Waals surface area contributed by atoms with E-state index in [9.17, 15) is 18.0 Å². The van der Waals surface area contributed by atoms with Gasteiger partial charge in [0.15, 0.2) is 15.6 Å². The summed E-state index contributed by atoms with van der Waals surface area (Å²) in [4.78, 5) is 23.2. The third kappa shape index (κ3) is 3.89. The molecule has 103 valence electrons. The first-order valence-electron chi connectivity index (χ1n) is 5.54. The molecule has 0 bridgehead atoms. The van der Waals surface area contributed by atoms with Crippen molar-refractivity contribution in [3.05, 3.63) is 36.2 Å². The zero-order valence-electron chi connectivity index (χ0n) is 11.0. The van der Waals surface area contributed by atoms with Crippen LogP contribution in [0.2, 0.25) is 0 Å². The molecule has 0 aliphatic rings. The Morgan fingerprint density at radius 2 is 1.63 bits per heavy atom. The monoisotopic (exact) mass is 282 g/mol. The highest BCUT2D eigenvalue weighted by Gasteiger charge is 2.29. The predicted octanol–water partition coefficient (Wildman–Crippen LogP) is 0.989. The maximum absolute atomic E-state index is 11.9. The Morgan fingerprint density at radius 3 is 2.00 bits per heavy atom. The Kier molecular flexibility index (Phi) is 4.15. The van der Waals surface area contributed by atoms with Crippen LogP contribution in [0.4, 0.5) is 0 Å². The number of sulfone groups is 1. The number of carbonyl (C=O) groups is 2. The maximum atomic E-state index is 11.9. The van der Waals surface area contributed by atoms with Crippen molar-refractivity contribution in [2.24, 2.45) is 11.1 Å². The SMILES string of the molecule is CC(C)([CH]C(=O)c1ccc(S(C)(=O)=O)cc1)C(N)=O. The molecule has 1 rings (SSSR count). The lowest BCUT2D eigenvalue weighted by atomic mass is 9.85. The fraction of sp³-hybridized carbons (Fsp3) is 0.308. The molecule has 1 radical (unpaired) electrons. The highest BCUT2D eigenvalue weighted by Crippen LogP contribution is 2.21. The molecule has 0 saturated carbocycles. The van der Waals surface area contributed by atoms with Gasteiger partial charge in [0.05, 0.1) is 10.3 Å². The minimum Gasteiger partial charge on any atom is -0.369 e. The van der Waals surface area contributed by atoms with Gasteiger partial charge in [-0.25, -0.2) is 8.42 Å². The van der Waals surface area contributed by atoms with Crippen molar-refractivity contribution in [1.82, 2.24) is 0 Å². The molecule has 0 aliphatic heterocycles. The molecule has 0 saturated heterocycles. The van der Waals surface area contributed by atoms with E-state index in [1.807, 2.05) is 0 Å². The molecule has 2 N–H and O–H groups in total. The highest BCUT2D eigenvalue weighted by molar-refractivity contribution is 7.90. The molecule has 0 aromatic heterocycles. The maximum Gasteiger partial charge on any atom is 0.223 e. The second-order valence-electron chi connectivity index (χ2n) is 4.89. The van der Waals surface area contributed by atoms with E-state index < -0.39 is 21.2 Å². The number of hydrogen-bond acceptors (Lipinski definition) is 4. The molecule has 0 atom stereocenters. The van der Waals surface area contributed by atoms with Crippen LogP contribution in [-0.2, 0) is 14.6 Å². The van der Waals surface area contributed by atoms with E-state index in [1.54, 1.807) is 0 Å². The topological polar surface area (TPSA) is 94.3 Å². The number of carbonyl (C=O) groups excluding carboxylic acids is 2. The summed E-state index contributed by atoms with van der Waals surface area (Å²) in [7, 11) is -3.29. The highest BCUT2D eigenvalue weighted by atomic mass is 32.2. The van der Waals surface area contributed by atoms with Crippen LogP contribution in [0.25, 0.3) is 0 Å². The lowest BCUT2D eigenvalue weighted by Gasteiger charge is -2.18. The molecule has 0 heterocycles. The molecular weight excluding hydrogens is 266 g/mol. The molecule has 1 aromatic rings. The molecule has 1 amide bonds. The predicted molar refractivity (Wildman–Crippen MR) is 71.2 cm³/mol. The van der Waals surface area contributed by atoms with Gasteiger partial charge in [0, 0.05) is 18.2 Å². The van der Waals surface area contributed by atoms with Crippen molar-refractivity contribution in [1.29, 1.82) is 0 Å². The summed E-state index contributed by atoms with van der Waals surface area (Å²) < 4.78 is 22.6. The third-order valence-corrected chi connectivity index (χ3v) is 3.82. The standard InChI is InChI=1S/C13H16NO4S/c1-13(2,12(14)16)8-11(15)9-4-6-10(7-5-9)19(3,17)18/h4-8H,1-3H3,(H2,14,16). The van der Waals surface area contributed by atoms with Crippen LogP contribution < -0.4 is 5.73 Å². The Hall–Kier alpha value is -1.69. The molecular formula is C13H16NO4S. The Balaban J connectivity index is 2.94. The fourth-order valence-corrected chi connectivity index (χ4v) is 1.98. The second-order valence-corrected chi connectivity index (χ2v) is 6.91. The van der Waals surface area contributed by atoms with Gasteiger partial charge < -0.3 is 5.73 Å². The van der Waals surface area contributed by atoms with E-state index >= 15 is 0 Å². The zero-order valence-corrected chi connectivity index (χ0v) is 11.8. The summed E-state index contributed by atoms with van der Waals surface area (Å²) in [5.41, 5.74) is 4.43. The van der Waals surface area contributed by atoms with E-state index in [2.05, 4.69) is 0 Å². The Morgan fingerprint density at radius 1 is 1.16 bits per heavy atom. The number of hydrogen-bond donors (Lipinski definition) is 1. The second kappa shape index (κ2) is 5.13. The largest absolute Gasteiger partial charge is 0.369 e. The van der Waals surface area contributed by atoms with Crippen LogP contribution in [0.1, 0.15) is 24.2 Å². The first-order chi connectivity index (χ1) is 8.54. The quantitative estimate of drug-likeness (QED) is 0.815. The Labute approximate surface area is 112 Å². The van der Waals surface area contributed by atoms with E-state index in [1.165, 1.54) is 44.5 Å². The van der Waals surface area contributed by atoms with Crippen LogP contribution in [0.15, 0.2) is 29.2 Å². The van der Waals surface area contributed by atoms with Crippen molar-refractivity contribution >= 4 is 21.5 Å². The molecule has 5 nitrogen and oxygen atoms in total. The lowest BCUT2D eigenvalue weighted by Crippen LogP contribution is -2.34. The number of amides is 1.